The number of pyridine rings is 1. The lowest BCUT2D eigenvalue weighted by molar-refractivity contribution is -0.0250. The standard InChI is InChI=1S/C17H16N6O2/c24-17(14-8-13(21-22-14)12-2-1-3-18-9-12)23-6-7-25-16(11-23)15-10-19-4-5-20-15/h1-5,8-10,16H,6-7,11H2,(H,21,22). The second-order valence-electron chi connectivity index (χ2n) is 5.65. The van der Waals surface area contributed by atoms with E-state index in [1.165, 1.54) is 0 Å². The van der Waals surface area contributed by atoms with E-state index in [0.717, 1.165) is 11.3 Å². The molecule has 0 spiro atoms. The third-order valence-electron chi connectivity index (χ3n) is 4.03. The van der Waals surface area contributed by atoms with Crippen LogP contribution < -0.4 is 0 Å². The van der Waals surface area contributed by atoms with E-state index < -0.39 is 0 Å². The SMILES string of the molecule is O=C(c1cc(-c2cccnc2)n[nH]1)N1CCOC(c2cnccn2)C1. The van der Waals surface area contributed by atoms with E-state index in [0.29, 0.717) is 31.1 Å². The maximum atomic E-state index is 12.8. The second-order valence-corrected chi connectivity index (χ2v) is 5.65. The highest BCUT2D eigenvalue weighted by atomic mass is 16.5. The number of carbonyl (C=O) groups is 1. The van der Waals surface area contributed by atoms with Crippen molar-refractivity contribution in [3.8, 4) is 11.3 Å². The molecule has 4 rings (SSSR count). The molecule has 8 heteroatoms. The van der Waals surface area contributed by atoms with Crippen molar-refractivity contribution in [2.45, 2.75) is 6.10 Å². The van der Waals surface area contributed by atoms with E-state index in [-0.39, 0.29) is 12.0 Å². The van der Waals surface area contributed by atoms with Crippen LogP contribution in [-0.2, 0) is 4.74 Å². The summed E-state index contributed by atoms with van der Waals surface area (Å²) in [7, 11) is 0. The monoisotopic (exact) mass is 336 g/mol. The van der Waals surface area contributed by atoms with Gasteiger partial charge in [-0.3, -0.25) is 24.8 Å². The van der Waals surface area contributed by atoms with Crippen molar-refractivity contribution >= 4 is 5.91 Å². The van der Waals surface area contributed by atoms with E-state index in [2.05, 4.69) is 25.1 Å². The van der Waals surface area contributed by atoms with Crippen LogP contribution in [0.2, 0.25) is 0 Å². The molecule has 0 radical (unpaired) electrons. The summed E-state index contributed by atoms with van der Waals surface area (Å²) >= 11 is 0. The zero-order valence-corrected chi connectivity index (χ0v) is 13.4. The summed E-state index contributed by atoms with van der Waals surface area (Å²) in [5, 5.41) is 7.03. The molecule has 1 amide bonds. The first-order chi connectivity index (χ1) is 12.3. The lowest BCUT2D eigenvalue weighted by Gasteiger charge is -2.32. The minimum atomic E-state index is -0.271. The van der Waals surface area contributed by atoms with Gasteiger partial charge < -0.3 is 9.64 Å². The molecule has 1 saturated heterocycles. The van der Waals surface area contributed by atoms with Crippen molar-refractivity contribution in [2.75, 3.05) is 19.7 Å². The Kier molecular flexibility index (Phi) is 4.17. The zero-order chi connectivity index (χ0) is 17.1. The highest BCUT2D eigenvalue weighted by Gasteiger charge is 2.28. The van der Waals surface area contributed by atoms with Crippen molar-refractivity contribution in [3.05, 3.63) is 60.6 Å². The Hall–Kier alpha value is -3.13. The number of aromatic amines is 1. The van der Waals surface area contributed by atoms with Crippen LogP contribution in [-0.4, -0.2) is 55.7 Å². The molecule has 3 aromatic heterocycles. The van der Waals surface area contributed by atoms with Gasteiger partial charge in [0.05, 0.1) is 30.7 Å². The smallest absolute Gasteiger partial charge is 0.272 e. The van der Waals surface area contributed by atoms with E-state index in [4.69, 9.17) is 4.74 Å². The Labute approximate surface area is 143 Å². The van der Waals surface area contributed by atoms with Crippen molar-refractivity contribution in [1.29, 1.82) is 0 Å². The summed E-state index contributed by atoms with van der Waals surface area (Å²) in [5.74, 6) is -0.111. The van der Waals surface area contributed by atoms with Crippen LogP contribution in [0, 0.1) is 0 Å². The maximum absolute atomic E-state index is 12.8. The largest absolute Gasteiger partial charge is 0.368 e. The predicted molar refractivity (Wildman–Crippen MR) is 88.4 cm³/mol. The van der Waals surface area contributed by atoms with E-state index in [9.17, 15) is 4.79 Å². The second kappa shape index (κ2) is 6.78. The lowest BCUT2D eigenvalue weighted by Crippen LogP contribution is -2.42. The van der Waals surface area contributed by atoms with Crippen molar-refractivity contribution in [2.24, 2.45) is 0 Å². The Balaban J connectivity index is 1.50. The van der Waals surface area contributed by atoms with Gasteiger partial charge in [-0.15, -0.1) is 0 Å². The number of nitrogens with zero attached hydrogens (tertiary/aromatic N) is 5. The number of H-pyrrole nitrogens is 1. The third kappa shape index (κ3) is 3.24. The van der Waals surface area contributed by atoms with Gasteiger partial charge in [0.15, 0.2) is 0 Å². The summed E-state index contributed by atoms with van der Waals surface area (Å²) in [6.07, 6.45) is 8.03. The Bertz CT molecular complexity index is 852. The minimum absolute atomic E-state index is 0.111. The highest BCUT2D eigenvalue weighted by Crippen LogP contribution is 2.22. The fourth-order valence-electron chi connectivity index (χ4n) is 2.75. The molecule has 0 saturated carbocycles. The van der Waals surface area contributed by atoms with Gasteiger partial charge in [-0.2, -0.15) is 5.10 Å². The number of hydrogen-bond acceptors (Lipinski definition) is 6. The van der Waals surface area contributed by atoms with Gasteiger partial charge in [-0.05, 0) is 18.2 Å². The summed E-state index contributed by atoms with van der Waals surface area (Å²) in [6, 6.07) is 5.47. The maximum Gasteiger partial charge on any atom is 0.272 e. The molecule has 1 atom stereocenters. The number of rotatable bonds is 3. The van der Waals surface area contributed by atoms with Crippen molar-refractivity contribution < 1.29 is 9.53 Å². The Morgan fingerprint density at radius 3 is 2.96 bits per heavy atom. The fraction of sp³-hybridized carbons (Fsp3) is 0.235. The van der Waals surface area contributed by atoms with Crippen LogP contribution in [0.25, 0.3) is 11.3 Å². The molecule has 3 aromatic rings. The molecule has 1 aliphatic heterocycles. The molecule has 1 N–H and O–H groups in total. The fourth-order valence-corrected chi connectivity index (χ4v) is 2.75. The van der Waals surface area contributed by atoms with Crippen LogP contribution in [0.1, 0.15) is 22.3 Å². The first-order valence-electron chi connectivity index (χ1n) is 7.94. The molecular formula is C17H16N6O2. The number of nitrogens with one attached hydrogen (secondary N) is 1. The topological polar surface area (TPSA) is 96.9 Å². The summed E-state index contributed by atoms with van der Waals surface area (Å²) < 4.78 is 5.72. The molecule has 1 unspecified atom stereocenters. The van der Waals surface area contributed by atoms with Crippen LogP contribution in [0.15, 0.2) is 49.2 Å². The van der Waals surface area contributed by atoms with Gasteiger partial charge in [0.25, 0.3) is 5.91 Å². The molecular weight excluding hydrogens is 320 g/mol. The van der Waals surface area contributed by atoms with E-state index >= 15 is 0 Å². The van der Waals surface area contributed by atoms with Crippen LogP contribution in [0.5, 0.6) is 0 Å². The van der Waals surface area contributed by atoms with Gasteiger partial charge in [0.1, 0.15) is 11.8 Å². The summed E-state index contributed by atoms with van der Waals surface area (Å²) in [4.78, 5) is 26.9. The number of carbonyl (C=O) groups excluding carboxylic acids is 1. The van der Waals surface area contributed by atoms with Gasteiger partial charge in [-0.25, -0.2) is 0 Å². The summed E-state index contributed by atoms with van der Waals surface area (Å²) in [5.41, 5.74) is 2.71. The van der Waals surface area contributed by atoms with Crippen LogP contribution in [0.4, 0.5) is 0 Å². The third-order valence-corrected chi connectivity index (χ3v) is 4.03. The minimum Gasteiger partial charge on any atom is -0.368 e. The number of amides is 1. The van der Waals surface area contributed by atoms with E-state index in [1.807, 2.05) is 12.1 Å². The first kappa shape index (κ1) is 15.4. The van der Waals surface area contributed by atoms with Gasteiger partial charge in [0, 0.05) is 36.9 Å². The number of hydrogen-bond donors (Lipinski definition) is 1. The molecule has 0 bridgehead atoms. The number of ether oxygens (including phenoxy) is 1. The lowest BCUT2D eigenvalue weighted by atomic mass is 10.2. The molecule has 4 heterocycles. The van der Waals surface area contributed by atoms with Gasteiger partial charge >= 0.3 is 0 Å². The average Bonchev–Trinajstić information content (AvgIpc) is 3.19. The Morgan fingerprint density at radius 2 is 2.16 bits per heavy atom. The molecule has 1 fully saturated rings. The van der Waals surface area contributed by atoms with E-state index in [1.54, 1.807) is 42.0 Å². The summed E-state index contributed by atoms with van der Waals surface area (Å²) in [6.45, 7) is 1.41. The molecule has 0 aromatic carbocycles. The average molecular weight is 336 g/mol. The first-order valence-corrected chi connectivity index (χ1v) is 7.94. The molecule has 126 valence electrons. The van der Waals surface area contributed by atoms with Crippen molar-refractivity contribution in [1.82, 2.24) is 30.0 Å². The van der Waals surface area contributed by atoms with Gasteiger partial charge in [-0.1, -0.05) is 0 Å². The zero-order valence-electron chi connectivity index (χ0n) is 13.4. The number of aromatic nitrogens is 5. The molecule has 0 aliphatic carbocycles. The molecule has 25 heavy (non-hydrogen) atoms. The van der Waals surface area contributed by atoms with Crippen LogP contribution >= 0.6 is 0 Å². The normalized spacial score (nSPS) is 17.4. The van der Waals surface area contributed by atoms with Crippen LogP contribution in [0.3, 0.4) is 0 Å². The highest BCUT2D eigenvalue weighted by molar-refractivity contribution is 5.93. The van der Waals surface area contributed by atoms with Crippen molar-refractivity contribution in [3.63, 3.8) is 0 Å². The quantitative estimate of drug-likeness (QED) is 0.778. The predicted octanol–water partition coefficient (Wildman–Crippen LogP) is 1.48. The molecule has 1 aliphatic rings. The Morgan fingerprint density at radius 1 is 1.24 bits per heavy atom. The number of morpholine rings is 1. The van der Waals surface area contributed by atoms with Gasteiger partial charge in [0.2, 0.25) is 0 Å². The molecule has 8 nitrogen and oxygen atoms in total.